The molecule has 1 N–H and O–H groups in total. The van der Waals surface area contributed by atoms with Gasteiger partial charge in [0, 0.05) is 36.7 Å². The number of nitrogens with zero attached hydrogens (tertiary/aromatic N) is 2. The average Bonchev–Trinajstić information content (AvgIpc) is 3.36. The van der Waals surface area contributed by atoms with Crippen LogP contribution in [0.5, 0.6) is 0 Å². The van der Waals surface area contributed by atoms with Gasteiger partial charge in [-0.15, -0.1) is 0 Å². The molecule has 4 rings (SSSR count). The third-order valence-corrected chi connectivity index (χ3v) is 8.19. The molecular formula is C21H27N3O2S2. The van der Waals surface area contributed by atoms with Crippen LogP contribution in [0.15, 0.2) is 41.2 Å². The number of aromatic nitrogens is 1. The van der Waals surface area contributed by atoms with Crippen LogP contribution in [-0.4, -0.2) is 62.1 Å². The Labute approximate surface area is 171 Å². The van der Waals surface area contributed by atoms with Gasteiger partial charge in [0.25, 0.3) is 0 Å². The molecule has 0 atom stereocenters. The zero-order valence-corrected chi connectivity index (χ0v) is 18.0. The van der Waals surface area contributed by atoms with E-state index in [4.69, 9.17) is 0 Å². The monoisotopic (exact) mass is 417 g/mol. The van der Waals surface area contributed by atoms with Crippen LogP contribution < -0.4 is 0 Å². The van der Waals surface area contributed by atoms with Gasteiger partial charge >= 0.3 is 0 Å². The fraction of sp³-hybridized carbons (Fsp3) is 0.429. The molecule has 0 unspecified atom stereocenters. The average molecular weight is 418 g/mol. The molecule has 1 aliphatic heterocycles. The van der Waals surface area contributed by atoms with Crippen molar-refractivity contribution in [2.24, 2.45) is 0 Å². The van der Waals surface area contributed by atoms with Gasteiger partial charge in [-0.3, -0.25) is 0 Å². The maximum Gasteiger partial charge on any atom is 0.215 e. The summed E-state index contributed by atoms with van der Waals surface area (Å²) in [6.45, 7) is 1.78. The van der Waals surface area contributed by atoms with Crippen molar-refractivity contribution in [3.05, 3.63) is 46.8 Å². The van der Waals surface area contributed by atoms with Crippen LogP contribution in [0, 0.1) is 0 Å². The molecule has 5 nitrogen and oxygen atoms in total. The van der Waals surface area contributed by atoms with Gasteiger partial charge in [0.15, 0.2) is 0 Å². The summed E-state index contributed by atoms with van der Waals surface area (Å²) in [5, 5.41) is 5.53. The van der Waals surface area contributed by atoms with E-state index in [1.54, 1.807) is 15.6 Å². The Morgan fingerprint density at radius 1 is 1.18 bits per heavy atom. The van der Waals surface area contributed by atoms with Crippen molar-refractivity contribution in [2.45, 2.75) is 18.8 Å². The van der Waals surface area contributed by atoms with Crippen LogP contribution in [0.25, 0.3) is 22.0 Å². The standard InChI is InChI=1S/C21H27N3O2S2/c1-23(2)10-12-28(25,26)24-8-5-16(6-9-24)20-14-22-21-4-3-17(13-19(20)21)18-7-11-27-15-18/h3-4,7,11,13-16,22H,5-6,8-10,12H2,1-2H3. The van der Waals surface area contributed by atoms with Gasteiger partial charge in [-0.1, -0.05) is 6.07 Å². The van der Waals surface area contributed by atoms with Crippen LogP contribution >= 0.6 is 11.3 Å². The van der Waals surface area contributed by atoms with Crippen molar-refractivity contribution in [1.29, 1.82) is 0 Å². The van der Waals surface area contributed by atoms with Crippen molar-refractivity contribution in [3.63, 3.8) is 0 Å². The van der Waals surface area contributed by atoms with E-state index in [2.05, 4.69) is 46.2 Å². The Hall–Kier alpha value is -1.67. The number of piperidine rings is 1. The highest BCUT2D eigenvalue weighted by molar-refractivity contribution is 7.89. The molecular weight excluding hydrogens is 390 g/mol. The van der Waals surface area contributed by atoms with E-state index >= 15 is 0 Å². The van der Waals surface area contributed by atoms with Crippen LogP contribution in [0.1, 0.15) is 24.3 Å². The maximum absolute atomic E-state index is 12.6. The van der Waals surface area contributed by atoms with Crippen molar-refractivity contribution in [1.82, 2.24) is 14.2 Å². The molecule has 0 saturated carbocycles. The molecule has 0 spiro atoms. The zero-order chi connectivity index (χ0) is 19.7. The van der Waals surface area contributed by atoms with Crippen LogP contribution in [0.2, 0.25) is 0 Å². The number of H-pyrrole nitrogens is 1. The lowest BCUT2D eigenvalue weighted by molar-refractivity contribution is 0.317. The van der Waals surface area contributed by atoms with Crippen molar-refractivity contribution >= 4 is 32.3 Å². The summed E-state index contributed by atoms with van der Waals surface area (Å²) in [6.07, 6.45) is 3.86. The van der Waals surface area contributed by atoms with E-state index < -0.39 is 10.0 Å². The van der Waals surface area contributed by atoms with E-state index in [0.717, 1.165) is 18.4 Å². The molecule has 0 amide bonds. The number of hydrogen-bond donors (Lipinski definition) is 1. The highest BCUT2D eigenvalue weighted by Crippen LogP contribution is 2.36. The number of hydrogen-bond acceptors (Lipinski definition) is 4. The van der Waals surface area contributed by atoms with Gasteiger partial charge in [0.1, 0.15) is 0 Å². The molecule has 1 saturated heterocycles. The number of fused-ring (bicyclic) bond motifs is 1. The van der Waals surface area contributed by atoms with Gasteiger partial charge in [-0.05, 0) is 78.5 Å². The van der Waals surface area contributed by atoms with Gasteiger partial charge in [0.05, 0.1) is 5.75 Å². The van der Waals surface area contributed by atoms with Crippen molar-refractivity contribution in [2.75, 3.05) is 39.5 Å². The molecule has 28 heavy (non-hydrogen) atoms. The highest BCUT2D eigenvalue weighted by atomic mass is 32.2. The molecule has 3 aromatic rings. The molecule has 0 radical (unpaired) electrons. The fourth-order valence-electron chi connectivity index (χ4n) is 3.96. The van der Waals surface area contributed by atoms with Gasteiger partial charge in [-0.2, -0.15) is 11.3 Å². The second-order valence-electron chi connectivity index (χ2n) is 7.81. The van der Waals surface area contributed by atoms with Crippen molar-refractivity contribution < 1.29 is 8.42 Å². The summed E-state index contributed by atoms with van der Waals surface area (Å²) in [7, 11) is 0.647. The summed E-state index contributed by atoms with van der Waals surface area (Å²) in [4.78, 5) is 5.32. The number of thiophene rings is 1. The topological polar surface area (TPSA) is 56.4 Å². The molecule has 1 aromatic carbocycles. The lowest BCUT2D eigenvalue weighted by Crippen LogP contribution is -2.41. The SMILES string of the molecule is CN(C)CCS(=O)(=O)N1CCC(c2c[nH]c3ccc(-c4ccsc4)cc23)CC1. The Bertz CT molecular complexity index is 1030. The Balaban J connectivity index is 1.50. The first-order chi connectivity index (χ1) is 13.4. The lowest BCUT2D eigenvalue weighted by Gasteiger charge is -2.31. The lowest BCUT2D eigenvalue weighted by atomic mass is 9.89. The minimum atomic E-state index is -3.16. The van der Waals surface area contributed by atoms with E-state index in [9.17, 15) is 8.42 Å². The van der Waals surface area contributed by atoms with Gasteiger partial charge in [-0.25, -0.2) is 12.7 Å². The van der Waals surface area contributed by atoms with E-state index in [1.165, 1.54) is 22.1 Å². The predicted octanol–water partition coefficient (Wildman–Crippen LogP) is 3.97. The minimum absolute atomic E-state index is 0.196. The normalized spacial score (nSPS) is 17.0. The van der Waals surface area contributed by atoms with Crippen LogP contribution in [0.3, 0.4) is 0 Å². The highest BCUT2D eigenvalue weighted by Gasteiger charge is 2.29. The quantitative estimate of drug-likeness (QED) is 0.660. The number of sulfonamides is 1. The minimum Gasteiger partial charge on any atom is -0.361 e. The van der Waals surface area contributed by atoms with Gasteiger partial charge < -0.3 is 9.88 Å². The van der Waals surface area contributed by atoms with Crippen LogP contribution in [0.4, 0.5) is 0 Å². The van der Waals surface area contributed by atoms with Crippen LogP contribution in [-0.2, 0) is 10.0 Å². The molecule has 1 aliphatic rings. The summed E-state index contributed by atoms with van der Waals surface area (Å²) >= 11 is 1.71. The molecule has 150 valence electrons. The Morgan fingerprint density at radius 2 is 1.96 bits per heavy atom. The molecule has 7 heteroatoms. The zero-order valence-electron chi connectivity index (χ0n) is 16.4. The van der Waals surface area contributed by atoms with E-state index in [1.807, 2.05) is 19.0 Å². The first-order valence-corrected chi connectivity index (χ1v) is 12.3. The molecule has 0 bridgehead atoms. The fourth-order valence-corrected chi connectivity index (χ4v) is 6.25. The maximum atomic E-state index is 12.6. The smallest absolute Gasteiger partial charge is 0.215 e. The molecule has 3 heterocycles. The molecule has 2 aromatic heterocycles. The summed E-state index contributed by atoms with van der Waals surface area (Å²) in [5.41, 5.74) is 4.95. The largest absolute Gasteiger partial charge is 0.361 e. The second kappa shape index (κ2) is 7.99. The van der Waals surface area contributed by atoms with Crippen molar-refractivity contribution in [3.8, 4) is 11.1 Å². The molecule has 0 aliphatic carbocycles. The number of aromatic amines is 1. The first kappa shape index (κ1) is 19.6. The first-order valence-electron chi connectivity index (χ1n) is 9.70. The number of benzene rings is 1. The summed E-state index contributed by atoms with van der Waals surface area (Å²) < 4.78 is 26.8. The number of rotatable bonds is 6. The Kier molecular flexibility index (Phi) is 5.60. The second-order valence-corrected chi connectivity index (χ2v) is 10.7. The van der Waals surface area contributed by atoms with Gasteiger partial charge in [0.2, 0.25) is 10.0 Å². The number of nitrogens with one attached hydrogen (secondary N) is 1. The third-order valence-electron chi connectivity index (χ3n) is 5.65. The van der Waals surface area contributed by atoms with E-state index in [0.29, 0.717) is 25.6 Å². The Morgan fingerprint density at radius 3 is 2.64 bits per heavy atom. The predicted molar refractivity (Wildman–Crippen MR) is 118 cm³/mol. The van der Waals surface area contributed by atoms with E-state index in [-0.39, 0.29) is 5.75 Å². The molecule has 1 fully saturated rings. The summed E-state index contributed by atoms with van der Waals surface area (Å²) in [6, 6.07) is 8.72. The summed E-state index contributed by atoms with van der Waals surface area (Å²) in [5.74, 6) is 0.591. The third kappa shape index (κ3) is 4.03.